The van der Waals surface area contributed by atoms with E-state index in [9.17, 15) is 4.79 Å². The number of morpholine rings is 1. The lowest BCUT2D eigenvalue weighted by atomic mass is 10.1. The average molecular weight is 450 g/mol. The Bertz CT molecular complexity index is 1310. The van der Waals surface area contributed by atoms with E-state index in [1.165, 1.54) is 4.90 Å². The Kier molecular flexibility index (Phi) is 5.40. The second kappa shape index (κ2) is 8.36. The number of pyridine rings is 1. The first-order chi connectivity index (χ1) is 15.6. The van der Waals surface area contributed by atoms with E-state index in [0.29, 0.717) is 43.3 Å². The summed E-state index contributed by atoms with van der Waals surface area (Å²) in [5, 5.41) is 8.14. The van der Waals surface area contributed by atoms with Crippen LogP contribution in [0.4, 0.5) is 5.82 Å². The van der Waals surface area contributed by atoms with Gasteiger partial charge in [0.25, 0.3) is 5.91 Å². The number of nitrogens with one attached hydrogen (secondary N) is 1. The van der Waals surface area contributed by atoms with Gasteiger partial charge in [0.1, 0.15) is 16.7 Å². The molecule has 10 heteroatoms. The fourth-order valence-corrected chi connectivity index (χ4v) is 4.40. The number of nitrogens with zero attached hydrogens (tertiary/aromatic N) is 6. The van der Waals surface area contributed by atoms with Crippen molar-refractivity contribution in [3.8, 4) is 11.4 Å². The molecule has 1 aliphatic rings. The van der Waals surface area contributed by atoms with Crippen LogP contribution in [0.3, 0.4) is 0 Å². The number of carbonyl (C=O) groups excluding carboxylic acids is 1. The lowest BCUT2D eigenvalue weighted by Crippen LogP contribution is -2.37. The molecular weight excluding hydrogens is 426 g/mol. The molecule has 1 N–H and O–H groups in total. The van der Waals surface area contributed by atoms with Crippen LogP contribution in [-0.2, 0) is 4.74 Å². The zero-order valence-electron chi connectivity index (χ0n) is 18.1. The molecule has 1 aromatic carbocycles. The van der Waals surface area contributed by atoms with E-state index in [1.54, 1.807) is 32.1 Å². The lowest BCUT2D eigenvalue weighted by molar-refractivity contribution is 0.0822. The summed E-state index contributed by atoms with van der Waals surface area (Å²) in [5.74, 6) is 1.18. The summed E-state index contributed by atoms with van der Waals surface area (Å²) in [6, 6.07) is 7.75. The highest BCUT2D eigenvalue weighted by molar-refractivity contribution is 7.98. The van der Waals surface area contributed by atoms with Crippen LogP contribution in [0.5, 0.6) is 0 Å². The zero-order chi connectivity index (χ0) is 22.2. The second-order valence-electron chi connectivity index (χ2n) is 7.71. The molecule has 5 rings (SSSR count). The van der Waals surface area contributed by atoms with Crippen LogP contribution in [0.2, 0.25) is 0 Å². The molecule has 0 saturated carbocycles. The number of hydrogen-bond donors (Lipinski definition) is 1. The molecule has 0 aliphatic carbocycles. The van der Waals surface area contributed by atoms with Crippen LogP contribution < -0.4 is 4.90 Å². The number of carbonyl (C=O) groups is 1. The van der Waals surface area contributed by atoms with Crippen molar-refractivity contribution < 1.29 is 9.53 Å². The number of amides is 1. The molecule has 1 fully saturated rings. The molecule has 4 heterocycles. The molecule has 1 saturated heterocycles. The van der Waals surface area contributed by atoms with Crippen molar-refractivity contribution in [2.45, 2.75) is 4.90 Å². The number of rotatable bonds is 4. The first-order valence-electron chi connectivity index (χ1n) is 10.3. The second-order valence-corrected chi connectivity index (χ2v) is 8.56. The summed E-state index contributed by atoms with van der Waals surface area (Å²) >= 11 is 1.54. The number of anilines is 1. The quantitative estimate of drug-likeness (QED) is 0.475. The Balaban J connectivity index is 1.80. The summed E-state index contributed by atoms with van der Waals surface area (Å²) in [7, 11) is 3.45. The first kappa shape index (κ1) is 20.7. The average Bonchev–Trinajstić information content (AvgIpc) is 3.31. The fraction of sp³-hybridized carbons (Fsp3) is 0.318. The van der Waals surface area contributed by atoms with Crippen LogP contribution >= 0.6 is 11.8 Å². The lowest BCUT2D eigenvalue weighted by Gasteiger charge is -2.29. The van der Waals surface area contributed by atoms with Gasteiger partial charge in [0, 0.05) is 43.0 Å². The smallest absolute Gasteiger partial charge is 0.271 e. The Labute approximate surface area is 189 Å². The summed E-state index contributed by atoms with van der Waals surface area (Å²) in [4.78, 5) is 31.9. The zero-order valence-corrected chi connectivity index (χ0v) is 18.9. The van der Waals surface area contributed by atoms with Gasteiger partial charge in [-0.2, -0.15) is 5.10 Å². The molecule has 1 aliphatic heterocycles. The molecule has 3 aromatic heterocycles. The predicted molar refractivity (Wildman–Crippen MR) is 125 cm³/mol. The van der Waals surface area contributed by atoms with E-state index in [0.717, 1.165) is 32.7 Å². The third-order valence-corrected chi connectivity index (χ3v) is 6.23. The van der Waals surface area contributed by atoms with Crippen LogP contribution in [-0.4, -0.2) is 82.6 Å². The highest BCUT2D eigenvalue weighted by Gasteiger charge is 2.23. The van der Waals surface area contributed by atoms with Gasteiger partial charge >= 0.3 is 0 Å². The topological polar surface area (TPSA) is 100 Å². The maximum absolute atomic E-state index is 12.7. The van der Waals surface area contributed by atoms with Gasteiger partial charge in [0.05, 0.1) is 24.9 Å². The van der Waals surface area contributed by atoms with Gasteiger partial charge in [-0.25, -0.2) is 15.0 Å². The third-order valence-electron chi connectivity index (χ3n) is 5.48. The van der Waals surface area contributed by atoms with Crippen LogP contribution in [0.1, 0.15) is 10.5 Å². The number of fused-ring (bicyclic) bond motifs is 2. The van der Waals surface area contributed by atoms with E-state index in [1.807, 2.05) is 30.5 Å². The molecule has 32 heavy (non-hydrogen) atoms. The molecular formula is C22H23N7O2S. The van der Waals surface area contributed by atoms with Crippen molar-refractivity contribution in [3.05, 3.63) is 36.2 Å². The highest BCUT2D eigenvalue weighted by Crippen LogP contribution is 2.34. The van der Waals surface area contributed by atoms with Crippen LogP contribution in [0, 0.1) is 0 Å². The van der Waals surface area contributed by atoms with Crippen molar-refractivity contribution in [2.75, 3.05) is 51.6 Å². The molecule has 1 amide bonds. The number of thioether (sulfide) groups is 1. The monoisotopic (exact) mass is 449 g/mol. The largest absolute Gasteiger partial charge is 0.378 e. The maximum atomic E-state index is 12.7. The predicted octanol–water partition coefficient (Wildman–Crippen LogP) is 2.83. The molecule has 0 atom stereocenters. The van der Waals surface area contributed by atoms with Gasteiger partial charge in [-0.05, 0) is 18.4 Å². The standard InChI is InChI=1S/C22H23N7O2S/c1-28(2)22(30)16-11-17(32-3)18-19(24-16)21(29-7-9-31-10-8-29)26-20(25-18)13-5-4-6-15-14(13)12-23-27-15/h4-6,11-12H,7-10H2,1-3H3,(H,23,27). The minimum Gasteiger partial charge on any atom is -0.378 e. The van der Waals surface area contributed by atoms with E-state index in [-0.39, 0.29) is 5.91 Å². The molecule has 0 radical (unpaired) electrons. The number of benzene rings is 1. The van der Waals surface area contributed by atoms with Gasteiger partial charge < -0.3 is 14.5 Å². The number of aromatic nitrogens is 5. The molecule has 164 valence electrons. The number of aromatic amines is 1. The first-order valence-corrected chi connectivity index (χ1v) is 11.5. The minimum absolute atomic E-state index is 0.151. The van der Waals surface area contributed by atoms with Gasteiger partial charge in [-0.15, -0.1) is 11.8 Å². The molecule has 0 unspecified atom stereocenters. The van der Waals surface area contributed by atoms with E-state index < -0.39 is 0 Å². The number of H-pyrrole nitrogens is 1. The summed E-state index contributed by atoms with van der Waals surface area (Å²) < 4.78 is 5.55. The van der Waals surface area contributed by atoms with Crippen molar-refractivity contribution in [2.24, 2.45) is 0 Å². The van der Waals surface area contributed by atoms with Gasteiger partial charge in [0.2, 0.25) is 0 Å². The Morgan fingerprint density at radius 3 is 2.72 bits per heavy atom. The third kappa shape index (κ3) is 3.55. The SMILES string of the molecule is CSc1cc(C(=O)N(C)C)nc2c(N3CCOCC3)nc(-c3cccc4[nH]ncc34)nc12. The van der Waals surface area contributed by atoms with Gasteiger partial charge in [-0.1, -0.05) is 12.1 Å². The summed E-state index contributed by atoms with van der Waals surface area (Å²) in [5.41, 5.74) is 3.57. The van der Waals surface area contributed by atoms with E-state index >= 15 is 0 Å². The van der Waals surface area contributed by atoms with E-state index in [4.69, 9.17) is 19.7 Å². The molecule has 0 spiro atoms. The molecule has 4 aromatic rings. The number of ether oxygens (including phenoxy) is 1. The Morgan fingerprint density at radius 2 is 1.97 bits per heavy atom. The highest BCUT2D eigenvalue weighted by atomic mass is 32.2. The van der Waals surface area contributed by atoms with Crippen molar-refractivity contribution in [1.29, 1.82) is 0 Å². The van der Waals surface area contributed by atoms with Crippen LogP contribution in [0.15, 0.2) is 35.4 Å². The van der Waals surface area contributed by atoms with Crippen molar-refractivity contribution >= 4 is 45.4 Å². The maximum Gasteiger partial charge on any atom is 0.271 e. The minimum atomic E-state index is -0.151. The van der Waals surface area contributed by atoms with Gasteiger partial charge in [0.15, 0.2) is 11.6 Å². The number of hydrogen-bond acceptors (Lipinski definition) is 8. The summed E-state index contributed by atoms with van der Waals surface area (Å²) in [6.45, 7) is 2.63. The normalized spacial score (nSPS) is 14.3. The Morgan fingerprint density at radius 1 is 1.16 bits per heavy atom. The molecule has 9 nitrogen and oxygen atoms in total. The van der Waals surface area contributed by atoms with Crippen molar-refractivity contribution in [1.82, 2.24) is 30.0 Å². The van der Waals surface area contributed by atoms with Crippen LogP contribution in [0.25, 0.3) is 33.3 Å². The van der Waals surface area contributed by atoms with Crippen molar-refractivity contribution in [3.63, 3.8) is 0 Å². The Hall–Kier alpha value is -3.24. The van der Waals surface area contributed by atoms with Gasteiger partial charge in [-0.3, -0.25) is 9.89 Å². The van der Waals surface area contributed by atoms with E-state index in [2.05, 4.69) is 15.1 Å². The fourth-order valence-electron chi connectivity index (χ4n) is 3.84. The molecule has 0 bridgehead atoms. The summed E-state index contributed by atoms with van der Waals surface area (Å²) in [6.07, 6.45) is 3.77.